The Balaban J connectivity index is 2.01. The summed E-state index contributed by atoms with van der Waals surface area (Å²) in [5.74, 6) is 0.884. The van der Waals surface area contributed by atoms with E-state index in [2.05, 4.69) is 24.4 Å². The molecule has 1 aromatic rings. The molecular weight excluding hydrogens is 242 g/mol. The van der Waals surface area contributed by atoms with E-state index in [0.717, 1.165) is 11.3 Å². The highest BCUT2D eigenvalue weighted by atomic mass is 16.5. The van der Waals surface area contributed by atoms with Gasteiger partial charge in [0.1, 0.15) is 11.4 Å². The maximum atomic E-state index is 10.2. The van der Waals surface area contributed by atoms with Gasteiger partial charge in [-0.25, -0.2) is 0 Å². The van der Waals surface area contributed by atoms with Crippen LogP contribution in [0.25, 0.3) is 0 Å². The van der Waals surface area contributed by atoms with Gasteiger partial charge < -0.3 is 19.9 Å². The molecule has 1 heterocycles. The fourth-order valence-corrected chi connectivity index (χ4v) is 2.37. The van der Waals surface area contributed by atoms with Crippen molar-refractivity contribution in [2.45, 2.75) is 31.9 Å². The monoisotopic (exact) mass is 265 g/mol. The molecule has 1 aliphatic heterocycles. The SMILES string of the molecule is COc1cc(C)ccc1C(C)NCC1(O)CCOC1. The van der Waals surface area contributed by atoms with Crippen LogP contribution in [0.15, 0.2) is 18.2 Å². The number of benzene rings is 1. The molecule has 0 aromatic heterocycles. The van der Waals surface area contributed by atoms with Crippen LogP contribution in [0.2, 0.25) is 0 Å². The van der Waals surface area contributed by atoms with E-state index in [1.165, 1.54) is 5.56 Å². The number of methoxy groups -OCH3 is 1. The van der Waals surface area contributed by atoms with Gasteiger partial charge in [0.05, 0.1) is 13.7 Å². The molecule has 19 heavy (non-hydrogen) atoms. The van der Waals surface area contributed by atoms with Gasteiger partial charge in [-0.3, -0.25) is 0 Å². The maximum absolute atomic E-state index is 10.2. The summed E-state index contributed by atoms with van der Waals surface area (Å²) in [6, 6.07) is 6.30. The van der Waals surface area contributed by atoms with Gasteiger partial charge in [-0.1, -0.05) is 12.1 Å². The van der Waals surface area contributed by atoms with Crippen LogP contribution < -0.4 is 10.1 Å². The summed E-state index contributed by atoms with van der Waals surface area (Å²) in [4.78, 5) is 0. The van der Waals surface area contributed by atoms with Crippen LogP contribution in [0.3, 0.4) is 0 Å². The summed E-state index contributed by atoms with van der Waals surface area (Å²) in [5.41, 5.74) is 1.55. The standard InChI is InChI=1S/C15H23NO3/c1-11-4-5-13(14(8-11)18-3)12(2)16-9-15(17)6-7-19-10-15/h4-5,8,12,16-17H,6-7,9-10H2,1-3H3. The molecule has 1 aromatic carbocycles. The molecule has 2 rings (SSSR count). The quantitative estimate of drug-likeness (QED) is 0.852. The second-order valence-corrected chi connectivity index (χ2v) is 5.37. The van der Waals surface area contributed by atoms with E-state index in [4.69, 9.17) is 9.47 Å². The van der Waals surface area contributed by atoms with Crippen molar-refractivity contribution in [1.29, 1.82) is 0 Å². The number of ether oxygens (including phenoxy) is 2. The van der Waals surface area contributed by atoms with Gasteiger partial charge in [-0.15, -0.1) is 0 Å². The number of hydrogen-bond acceptors (Lipinski definition) is 4. The third-order valence-corrected chi connectivity index (χ3v) is 3.68. The number of rotatable bonds is 5. The third-order valence-electron chi connectivity index (χ3n) is 3.68. The summed E-state index contributed by atoms with van der Waals surface area (Å²) < 4.78 is 10.7. The average molecular weight is 265 g/mol. The topological polar surface area (TPSA) is 50.7 Å². The zero-order chi connectivity index (χ0) is 13.9. The molecule has 0 bridgehead atoms. The number of aryl methyl sites for hydroxylation is 1. The van der Waals surface area contributed by atoms with Gasteiger partial charge in [-0.05, 0) is 25.5 Å². The van der Waals surface area contributed by atoms with Crippen LogP contribution in [0, 0.1) is 6.92 Å². The molecule has 106 valence electrons. The van der Waals surface area contributed by atoms with E-state index >= 15 is 0 Å². The molecule has 2 N–H and O–H groups in total. The first-order chi connectivity index (χ1) is 9.04. The number of aliphatic hydroxyl groups is 1. The summed E-state index contributed by atoms with van der Waals surface area (Å²) >= 11 is 0. The molecule has 0 radical (unpaired) electrons. The summed E-state index contributed by atoms with van der Waals surface area (Å²) in [6.07, 6.45) is 0.692. The van der Waals surface area contributed by atoms with Gasteiger partial charge in [0, 0.05) is 31.2 Å². The van der Waals surface area contributed by atoms with Crippen LogP contribution in [0.4, 0.5) is 0 Å². The average Bonchev–Trinajstić information content (AvgIpc) is 2.83. The van der Waals surface area contributed by atoms with Crippen molar-refractivity contribution in [3.05, 3.63) is 29.3 Å². The number of hydrogen-bond donors (Lipinski definition) is 2. The Kier molecular flexibility index (Phi) is 4.45. The van der Waals surface area contributed by atoms with Crippen LogP contribution in [-0.4, -0.2) is 37.6 Å². The molecule has 0 saturated carbocycles. The molecule has 4 heteroatoms. The van der Waals surface area contributed by atoms with E-state index in [1.54, 1.807) is 7.11 Å². The minimum absolute atomic E-state index is 0.125. The van der Waals surface area contributed by atoms with Crippen molar-refractivity contribution < 1.29 is 14.6 Å². The predicted octanol–water partition coefficient (Wildman–Crippen LogP) is 1.81. The van der Waals surface area contributed by atoms with Gasteiger partial charge in [0.2, 0.25) is 0 Å². The van der Waals surface area contributed by atoms with Crippen molar-refractivity contribution >= 4 is 0 Å². The Morgan fingerprint density at radius 2 is 2.32 bits per heavy atom. The van der Waals surface area contributed by atoms with Crippen molar-refractivity contribution in [3.8, 4) is 5.75 Å². The third kappa shape index (κ3) is 3.47. The Morgan fingerprint density at radius 3 is 2.95 bits per heavy atom. The molecule has 0 aliphatic carbocycles. The highest BCUT2D eigenvalue weighted by molar-refractivity contribution is 5.39. The zero-order valence-electron chi connectivity index (χ0n) is 11.9. The molecule has 1 fully saturated rings. The Labute approximate surface area is 114 Å². The summed E-state index contributed by atoms with van der Waals surface area (Å²) in [5, 5.41) is 13.6. The lowest BCUT2D eigenvalue weighted by Gasteiger charge is -2.25. The molecule has 0 amide bonds. The van der Waals surface area contributed by atoms with E-state index < -0.39 is 5.60 Å². The lowest BCUT2D eigenvalue weighted by atomic mass is 10.0. The van der Waals surface area contributed by atoms with Crippen molar-refractivity contribution in [3.63, 3.8) is 0 Å². The van der Waals surface area contributed by atoms with Crippen LogP contribution in [0.5, 0.6) is 5.75 Å². The molecule has 2 atom stereocenters. The molecule has 4 nitrogen and oxygen atoms in total. The normalized spacial score (nSPS) is 24.4. The maximum Gasteiger partial charge on any atom is 0.123 e. The molecule has 2 unspecified atom stereocenters. The minimum Gasteiger partial charge on any atom is -0.496 e. The highest BCUT2D eigenvalue weighted by Gasteiger charge is 2.32. The van der Waals surface area contributed by atoms with E-state index in [1.807, 2.05) is 13.0 Å². The Hall–Kier alpha value is -1.10. The van der Waals surface area contributed by atoms with E-state index in [-0.39, 0.29) is 6.04 Å². The Morgan fingerprint density at radius 1 is 1.53 bits per heavy atom. The van der Waals surface area contributed by atoms with Gasteiger partial charge >= 0.3 is 0 Å². The fraction of sp³-hybridized carbons (Fsp3) is 0.600. The lowest BCUT2D eigenvalue weighted by Crippen LogP contribution is -2.41. The smallest absolute Gasteiger partial charge is 0.123 e. The highest BCUT2D eigenvalue weighted by Crippen LogP contribution is 2.27. The first-order valence-corrected chi connectivity index (χ1v) is 6.72. The summed E-state index contributed by atoms with van der Waals surface area (Å²) in [7, 11) is 1.68. The van der Waals surface area contributed by atoms with Crippen LogP contribution in [0.1, 0.15) is 30.5 Å². The molecule has 0 spiro atoms. The van der Waals surface area contributed by atoms with Crippen molar-refractivity contribution in [2.24, 2.45) is 0 Å². The first-order valence-electron chi connectivity index (χ1n) is 6.72. The Bertz CT molecular complexity index is 427. The van der Waals surface area contributed by atoms with Gasteiger partial charge in [0.25, 0.3) is 0 Å². The van der Waals surface area contributed by atoms with Gasteiger partial charge in [-0.2, -0.15) is 0 Å². The summed E-state index contributed by atoms with van der Waals surface area (Å²) in [6.45, 7) is 5.71. The predicted molar refractivity (Wildman–Crippen MR) is 74.5 cm³/mol. The lowest BCUT2D eigenvalue weighted by molar-refractivity contribution is 0.0251. The van der Waals surface area contributed by atoms with Crippen LogP contribution in [-0.2, 0) is 4.74 Å². The van der Waals surface area contributed by atoms with E-state index in [9.17, 15) is 5.11 Å². The molecule has 1 saturated heterocycles. The number of nitrogens with one attached hydrogen (secondary N) is 1. The largest absolute Gasteiger partial charge is 0.496 e. The molecule has 1 aliphatic rings. The second-order valence-electron chi connectivity index (χ2n) is 5.37. The van der Waals surface area contributed by atoms with Gasteiger partial charge in [0.15, 0.2) is 0 Å². The van der Waals surface area contributed by atoms with Crippen molar-refractivity contribution in [1.82, 2.24) is 5.32 Å². The molecular formula is C15H23NO3. The zero-order valence-corrected chi connectivity index (χ0v) is 11.9. The second kappa shape index (κ2) is 5.90. The first kappa shape index (κ1) is 14.3. The van der Waals surface area contributed by atoms with Crippen molar-refractivity contribution in [2.75, 3.05) is 26.9 Å². The minimum atomic E-state index is -0.730. The fourth-order valence-electron chi connectivity index (χ4n) is 2.37. The van der Waals surface area contributed by atoms with Crippen LogP contribution >= 0.6 is 0 Å². The van der Waals surface area contributed by atoms with E-state index in [0.29, 0.717) is 26.2 Å².